The fraction of sp³-hybridized carbons (Fsp3) is 0.414. The van der Waals surface area contributed by atoms with Crippen molar-refractivity contribution in [3.63, 3.8) is 0 Å². The number of rotatable bonds is 12. The molecule has 1 aliphatic heterocycles. The van der Waals surface area contributed by atoms with Crippen molar-refractivity contribution in [3.05, 3.63) is 59.7 Å². The smallest absolute Gasteiger partial charge is 0.458 e. The van der Waals surface area contributed by atoms with E-state index in [4.69, 9.17) is 5.73 Å². The minimum Gasteiger partial charge on any atom is -0.481 e. The molecule has 1 aliphatic rings. The van der Waals surface area contributed by atoms with E-state index in [0.29, 0.717) is 17.8 Å². The number of aliphatic carboxylic acids is 1. The SMILES string of the molecule is CS(=O)(=O)Nc1cccc(NC(=O)CN2CCN(C(=O)C[C@H](N)Cc3ccc(F)c(F)c3)C(CC(=O)O)C2)c1.O=C(C(=O)C(F)(F)F)C(F)(F)F. The maximum Gasteiger partial charge on any atom is 0.458 e. The lowest BCUT2D eigenvalue weighted by Crippen LogP contribution is -2.57. The highest BCUT2D eigenvalue weighted by Crippen LogP contribution is 2.24. The lowest BCUT2D eigenvalue weighted by atomic mass is 10.0. The van der Waals surface area contributed by atoms with Crippen LogP contribution in [0.3, 0.4) is 0 Å². The number of carbonyl (C=O) groups is 5. The summed E-state index contributed by atoms with van der Waals surface area (Å²) in [6.07, 6.45) is -10.8. The molecule has 0 saturated carbocycles. The molecule has 5 N–H and O–H groups in total. The Kier molecular flexibility index (Phi) is 14.6. The van der Waals surface area contributed by atoms with E-state index in [1.54, 1.807) is 17.0 Å². The van der Waals surface area contributed by atoms with Crippen LogP contribution < -0.4 is 15.8 Å². The number of ketones is 2. The second kappa shape index (κ2) is 17.5. The van der Waals surface area contributed by atoms with Crippen molar-refractivity contribution in [1.82, 2.24) is 9.80 Å². The van der Waals surface area contributed by atoms with E-state index in [1.807, 2.05) is 0 Å². The zero-order valence-electron chi connectivity index (χ0n) is 26.4. The van der Waals surface area contributed by atoms with E-state index in [0.717, 1.165) is 18.4 Å². The van der Waals surface area contributed by atoms with Gasteiger partial charge in [-0.15, -0.1) is 0 Å². The van der Waals surface area contributed by atoms with Gasteiger partial charge in [0.15, 0.2) is 11.6 Å². The number of benzene rings is 2. The Bertz CT molecular complexity index is 1700. The van der Waals surface area contributed by atoms with Crippen LogP contribution in [0.2, 0.25) is 0 Å². The molecule has 3 rings (SSSR count). The van der Waals surface area contributed by atoms with Gasteiger partial charge < -0.3 is 21.1 Å². The van der Waals surface area contributed by atoms with Crippen LogP contribution in [-0.4, -0.2) is 110 Å². The topological polar surface area (TPSA) is 196 Å². The Hall–Kier alpha value is -4.70. The first-order valence-corrected chi connectivity index (χ1v) is 16.3. The van der Waals surface area contributed by atoms with Gasteiger partial charge in [0.2, 0.25) is 21.8 Å². The first-order valence-electron chi connectivity index (χ1n) is 14.4. The molecule has 2 amide bonds. The van der Waals surface area contributed by atoms with E-state index in [9.17, 15) is 72.6 Å². The summed E-state index contributed by atoms with van der Waals surface area (Å²) in [5.41, 5.74) is 7.17. The zero-order chi connectivity index (χ0) is 38.9. The maximum atomic E-state index is 13.5. The third kappa shape index (κ3) is 14.6. The van der Waals surface area contributed by atoms with Gasteiger partial charge in [0, 0.05) is 37.8 Å². The molecule has 282 valence electrons. The lowest BCUT2D eigenvalue weighted by Gasteiger charge is -2.41. The van der Waals surface area contributed by atoms with Gasteiger partial charge in [0.05, 0.1) is 31.0 Å². The predicted molar refractivity (Wildman–Crippen MR) is 163 cm³/mol. The number of nitrogens with two attached hydrogens (primary N) is 1. The molecule has 2 atom stereocenters. The second-order valence-corrected chi connectivity index (χ2v) is 12.9. The molecule has 1 unspecified atom stereocenters. The van der Waals surface area contributed by atoms with Crippen molar-refractivity contribution in [2.45, 2.75) is 43.7 Å². The number of sulfonamides is 1. The van der Waals surface area contributed by atoms with Crippen LogP contribution >= 0.6 is 0 Å². The molecule has 0 bridgehead atoms. The molecular weight excluding hydrogens is 730 g/mol. The summed E-state index contributed by atoms with van der Waals surface area (Å²) in [4.78, 5) is 59.5. The fourth-order valence-corrected chi connectivity index (χ4v) is 5.24. The van der Waals surface area contributed by atoms with Crippen LogP contribution in [0.15, 0.2) is 42.5 Å². The molecular formula is C29H31F8N5O8S. The molecule has 51 heavy (non-hydrogen) atoms. The van der Waals surface area contributed by atoms with Gasteiger partial charge in [-0.25, -0.2) is 17.2 Å². The van der Waals surface area contributed by atoms with Gasteiger partial charge in [0.25, 0.3) is 0 Å². The van der Waals surface area contributed by atoms with Gasteiger partial charge >= 0.3 is 29.9 Å². The van der Waals surface area contributed by atoms with E-state index < -0.39 is 69.5 Å². The number of anilines is 2. The Morgan fingerprint density at radius 3 is 2.04 bits per heavy atom. The molecule has 0 aromatic heterocycles. The monoisotopic (exact) mass is 761 g/mol. The van der Waals surface area contributed by atoms with Gasteiger partial charge in [-0.3, -0.25) is 33.6 Å². The number of halogens is 8. The molecule has 2 aromatic rings. The number of carboxylic acid groups (broad SMARTS) is 1. The third-order valence-corrected chi connectivity index (χ3v) is 7.36. The molecule has 2 aromatic carbocycles. The zero-order valence-corrected chi connectivity index (χ0v) is 27.2. The highest BCUT2D eigenvalue weighted by Gasteiger charge is 2.54. The summed E-state index contributed by atoms with van der Waals surface area (Å²) in [6.45, 7) is 0.552. The summed E-state index contributed by atoms with van der Waals surface area (Å²) in [6, 6.07) is 8.18. The van der Waals surface area contributed by atoms with Crippen molar-refractivity contribution < 1.29 is 72.6 Å². The van der Waals surface area contributed by atoms with Crippen LogP contribution in [0, 0.1) is 11.6 Å². The van der Waals surface area contributed by atoms with Crippen LogP contribution in [0.25, 0.3) is 0 Å². The van der Waals surface area contributed by atoms with Crippen molar-refractivity contribution in [2.75, 3.05) is 42.5 Å². The highest BCUT2D eigenvalue weighted by molar-refractivity contribution is 7.92. The van der Waals surface area contributed by atoms with Gasteiger partial charge in [-0.05, 0) is 42.3 Å². The largest absolute Gasteiger partial charge is 0.481 e. The number of alkyl halides is 6. The standard InChI is InChI=1S/C25H31F2N5O6S.C4F6O2/c1-39(37,38)30-19-4-2-3-18(12-19)29-23(33)15-31-7-8-32(20(14-31)13-25(35)36)24(34)11-17(28)9-16-5-6-21(26)22(27)10-16;5-3(6,7)1(11)2(12)4(8,9)10/h2-6,10,12,17,20,30H,7-9,11,13-15,28H2,1H3,(H,29,33)(H,35,36);/t17-,20?;/m1./s1. The molecule has 1 saturated heterocycles. The van der Waals surface area contributed by atoms with E-state index in [2.05, 4.69) is 10.0 Å². The number of nitrogens with zero attached hydrogens (tertiary/aromatic N) is 2. The quantitative estimate of drug-likeness (QED) is 0.184. The molecule has 1 heterocycles. The van der Waals surface area contributed by atoms with Crippen molar-refractivity contribution in [1.29, 1.82) is 0 Å². The molecule has 0 spiro atoms. The Morgan fingerprint density at radius 2 is 1.51 bits per heavy atom. The summed E-state index contributed by atoms with van der Waals surface area (Å²) < 4.78 is 119. The number of Topliss-reactive ketones (excluding diaryl/α,β-unsaturated/α-hetero) is 2. The van der Waals surface area contributed by atoms with Crippen LogP contribution in [0.1, 0.15) is 18.4 Å². The molecule has 0 radical (unpaired) electrons. The average Bonchev–Trinajstić information content (AvgIpc) is 2.96. The molecule has 0 aliphatic carbocycles. The summed E-state index contributed by atoms with van der Waals surface area (Å²) in [7, 11) is -3.49. The Labute approximate surface area is 284 Å². The summed E-state index contributed by atoms with van der Waals surface area (Å²) in [5.74, 6) is -10.7. The number of amides is 2. The van der Waals surface area contributed by atoms with Crippen LogP contribution in [0.5, 0.6) is 0 Å². The van der Waals surface area contributed by atoms with Crippen LogP contribution in [-0.2, 0) is 40.4 Å². The van der Waals surface area contributed by atoms with Crippen LogP contribution in [0.4, 0.5) is 46.5 Å². The Balaban J connectivity index is 0.000000641. The molecule has 13 nitrogen and oxygen atoms in total. The number of piperazine rings is 1. The summed E-state index contributed by atoms with van der Waals surface area (Å²) >= 11 is 0. The average molecular weight is 762 g/mol. The number of carboxylic acids is 1. The van der Waals surface area contributed by atoms with Gasteiger partial charge in [0.1, 0.15) is 0 Å². The fourth-order valence-electron chi connectivity index (χ4n) is 4.69. The van der Waals surface area contributed by atoms with Crippen molar-refractivity contribution in [3.8, 4) is 0 Å². The number of nitrogens with one attached hydrogen (secondary N) is 2. The van der Waals surface area contributed by atoms with Gasteiger partial charge in [-0.2, -0.15) is 26.3 Å². The molecule has 1 fully saturated rings. The van der Waals surface area contributed by atoms with Gasteiger partial charge in [-0.1, -0.05) is 12.1 Å². The first kappa shape index (κ1) is 42.5. The van der Waals surface area contributed by atoms with E-state index in [-0.39, 0.29) is 50.5 Å². The normalized spacial score (nSPS) is 16.0. The Morgan fingerprint density at radius 1 is 0.922 bits per heavy atom. The van der Waals surface area contributed by atoms with E-state index in [1.165, 1.54) is 23.1 Å². The highest BCUT2D eigenvalue weighted by atomic mass is 32.2. The number of hydrogen-bond acceptors (Lipinski definition) is 9. The summed E-state index contributed by atoms with van der Waals surface area (Å²) in [5, 5.41) is 12.1. The number of hydrogen-bond donors (Lipinski definition) is 4. The van der Waals surface area contributed by atoms with E-state index >= 15 is 0 Å². The predicted octanol–water partition coefficient (Wildman–Crippen LogP) is 2.47. The third-order valence-electron chi connectivity index (χ3n) is 6.75. The van der Waals surface area contributed by atoms with Crippen molar-refractivity contribution in [2.24, 2.45) is 5.73 Å². The lowest BCUT2D eigenvalue weighted by molar-refractivity contribution is -0.193. The maximum absolute atomic E-state index is 13.5. The first-order chi connectivity index (χ1) is 23.4. The minimum absolute atomic E-state index is 0.0719. The molecule has 22 heteroatoms. The second-order valence-electron chi connectivity index (χ2n) is 11.1. The number of carbonyl (C=O) groups excluding carboxylic acids is 4. The minimum atomic E-state index is -5.77. The van der Waals surface area contributed by atoms with Crippen molar-refractivity contribution >= 4 is 50.7 Å².